The van der Waals surface area contributed by atoms with Crippen molar-refractivity contribution >= 4 is 46.7 Å². The number of guanidine groups is 1. The molecular formula is C40H47ClF3N7O6. The van der Waals surface area contributed by atoms with Gasteiger partial charge in [0.15, 0.2) is 11.5 Å². The molecule has 1 fully saturated rings. The number of hydrogen-bond donors (Lipinski definition) is 1. The SMILES string of the molecule is C=CN=C(C(=O)N1CCC2(CC1)OCC1=C2C(=O)N2C(=NC(C3=CCOCC3)N2C)N1CC(=O)Nc1ccc(C(F)(F)F)cc1Cl)/C(OC)=C(/C(=C)C)C(C)CC. The molecule has 0 saturated carbocycles. The van der Waals surface area contributed by atoms with Crippen molar-refractivity contribution in [1.29, 1.82) is 0 Å². The van der Waals surface area contributed by atoms with Gasteiger partial charge in [-0.25, -0.2) is 15.0 Å². The van der Waals surface area contributed by atoms with Crippen molar-refractivity contribution in [2.75, 3.05) is 58.9 Å². The van der Waals surface area contributed by atoms with Crippen LogP contribution in [0.5, 0.6) is 0 Å². The van der Waals surface area contributed by atoms with Gasteiger partial charge in [0, 0.05) is 31.9 Å². The van der Waals surface area contributed by atoms with Crippen LogP contribution in [0.1, 0.15) is 52.0 Å². The monoisotopic (exact) mass is 813 g/mol. The summed E-state index contributed by atoms with van der Waals surface area (Å²) in [4.78, 5) is 55.1. The first-order valence-electron chi connectivity index (χ1n) is 18.7. The number of nitrogens with zero attached hydrogens (tertiary/aromatic N) is 6. The zero-order valence-electron chi connectivity index (χ0n) is 32.7. The number of piperidine rings is 1. The number of hydrogen-bond acceptors (Lipinski definition) is 10. The van der Waals surface area contributed by atoms with E-state index in [4.69, 9.17) is 30.8 Å². The van der Waals surface area contributed by atoms with Gasteiger partial charge in [0.05, 0.1) is 54.5 Å². The summed E-state index contributed by atoms with van der Waals surface area (Å²) in [6, 6.07) is 2.68. The van der Waals surface area contributed by atoms with Gasteiger partial charge >= 0.3 is 6.18 Å². The summed E-state index contributed by atoms with van der Waals surface area (Å²) in [7, 11) is 3.23. The number of fused-ring (bicyclic) bond motifs is 2. The highest BCUT2D eigenvalue weighted by molar-refractivity contribution is 6.45. The molecule has 13 nitrogen and oxygen atoms in total. The Labute approximate surface area is 334 Å². The molecule has 6 rings (SSSR count). The highest BCUT2D eigenvalue weighted by atomic mass is 35.5. The number of likely N-dealkylation sites (N-methyl/N-ethyl adjacent to an activating group) is 1. The third-order valence-electron chi connectivity index (χ3n) is 11.0. The lowest BCUT2D eigenvalue weighted by atomic mass is 9.82. The van der Waals surface area contributed by atoms with Gasteiger partial charge in [0.25, 0.3) is 11.8 Å². The molecule has 306 valence electrons. The second kappa shape index (κ2) is 16.6. The number of hydrazine groups is 1. The number of ether oxygens (including phenoxy) is 3. The van der Waals surface area contributed by atoms with E-state index in [0.717, 1.165) is 41.3 Å². The Balaban J connectivity index is 1.31. The summed E-state index contributed by atoms with van der Waals surface area (Å²) in [6.45, 7) is 14.7. The fourth-order valence-corrected chi connectivity index (χ4v) is 8.20. The highest BCUT2D eigenvalue weighted by Crippen LogP contribution is 2.46. The molecule has 0 aliphatic carbocycles. The van der Waals surface area contributed by atoms with Crippen LogP contribution in [0.15, 0.2) is 87.4 Å². The molecule has 5 heterocycles. The van der Waals surface area contributed by atoms with Crippen LogP contribution in [0.2, 0.25) is 5.02 Å². The maximum atomic E-state index is 14.7. The minimum absolute atomic E-state index is 0.00827. The fraction of sp³-hybridized carbons (Fsp3) is 0.475. The van der Waals surface area contributed by atoms with E-state index in [1.54, 1.807) is 21.9 Å². The van der Waals surface area contributed by atoms with Crippen LogP contribution in [0.25, 0.3) is 0 Å². The molecule has 57 heavy (non-hydrogen) atoms. The number of anilines is 1. The number of methoxy groups -OCH3 is 1. The first-order valence-corrected chi connectivity index (χ1v) is 19.1. The summed E-state index contributed by atoms with van der Waals surface area (Å²) in [5.41, 5.74) is 1.31. The molecule has 3 amide bonds. The summed E-state index contributed by atoms with van der Waals surface area (Å²) in [5, 5.41) is 5.48. The lowest BCUT2D eigenvalue weighted by molar-refractivity contribution is -0.139. The van der Waals surface area contributed by atoms with Crippen molar-refractivity contribution in [1.82, 2.24) is 19.8 Å². The van der Waals surface area contributed by atoms with Crippen LogP contribution in [-0.4, -0.2) is 115 Å². The molecule has 0 bridgehead atoms. The molecule has 1 aromatic rings. The van der Waals surface area contributed by atoms with E-state index >= 15 is 0 Å². The maximum Gasteiger partial charge on any atom is 0.416 e. The van der Waals surface area contributed by atoms with Crippen LogP contribution in [0, 0.1) is 5.92 Å². The Bertz CT molecular complexity index is 2020. The highest BCUT2D eigenvalue weighted by Gasteiger charge is 2.57. The van der Waals surface area contributed by atoms with Gasteiger partial charge in [-0.05, 0) is 62.3 Å². The van der Waals surface area contributed by atoms with Crippen molar-refractivity contribution in [3.05, 3.63) is 88.0 Å². The quantitative estimate of drug-likeness (QED) is 0.123. The summed E-state index contributed by atoms with van der Waals surface area (Å²) in [5.74, 6) is -0.765. The van der Waals surface area contributed by atoms with Crippen LogP contribution >= 0.6 is 11.6 Å². The van der Waals surface area contributed by atoms with E-state index in [-0.39, 0.29) is 79.2 Å². The van der Waals surface area contributed by atoms with E-state index in [2.05, 4.69) is 23.5 Å². The average Bonchev–Trinajstić information content (AvgIpc) is 3.73. The van der Waals surface area contributed by atoms with Gasteiger partial charge in [-0.3, -0.25) is 14.4 Å². The lowest BCUT2D eigenvalue weighted by Gasteiger charge is -2.43. The number of nitrogens with one attached hydrogen (secondary N) is 1. The number of alkyl halides is 3. The minimum atomic E-state index is -4.61. The Morgan fingerprint density at radius 2 is 1.98 bits per heavy atom. The molecule has 1 spiro atoms. The number of carbonyl (C=O) groups excluding carboxylic acids is 3. The van der Waals surface area contributed by atoms with Crippen molar-refractivity contribution in [3.8, 4) is 0 Å². The number of likely N-dealkylation sites (tertiary alicyclic amines) is 1. The molecule has 0 aromatic heterocycles. The predicted molar refractivity (Wildman–Crippen MR) is 209 cm³/mol. The Kier molecular flexibility index (Phi) is 12.2. The van der Waals surface area contributed by atoms with Crippen molar-refractivity contribution in [2.24, 2.45) is 15.9 Å². The van der Waals surface area contributed by atoms with Crippen LogP contribution in [0.4, 0.5) is 18.9 Å². The minimum Gasteiger partial charge on any atom is -0.494 e. The molecule has 1 aromatic carbocycles. The van der Waals surface area contributed by atoms with Crippen molar-refractivity contribution in [2.45, 2.75) is 64.4 Å². The first-order chi connectivity index (χ1) is 27.1. The Hall–Kier alpha value is -4.77. The van der Waals surface area contributed by atoms with Crippen LogP contribution in [0.3, 0.4) is 0 Å². The molecule has 1 N–H and O–H groups in total. The van der Waals surface area contributed by atoms with E-state index in [0.29, 0.717) is 36.7 Å². The van der Waals surface area contributed by atoms with Crippen molar-refractivity contribution < 1.29 is 41.8 Å². The third-order valence-corrected chi connectivity index (χ3v) is 11.3. The zero-order valence-corrected chi connectivity index (χ0v) is 33.4. The molecular weight excluding hydrogens is 767 g/mol. The van der Waals surface area contributed by atoms with Gasteiger partial charge in [-0.15, -0.1) is 0 Å². The predicted octanol–water partition coefficient (Wildman–Crippen LogP) is 6.08. The van der Waals surface area contributed by atoms with Gasteiger partial charge in [-0.2, -0.15) is 18.2 Å². The molecule has 1 saturated heterocycles. The topological polar surface area (TPSA) is 129 Å². The summed E-state index contributed by atoms with van der Waals surface area (Å²) >= 11 is 6.18. The number of benzene rings is 1. The largest absolute Gasteiger partial charge is 0.494 e. The van der Waals surface area contributed by atoms with Gasteiger partial charge < -0.3 is 29.3 Å². The number of halogens is 4. The smallest absolute Gasteiger partial charge is 0.416 e. The molecule has 2 atom stereocenters. The number of allylic oxidation sites excluding steroid dienone is 2. The maximum absolute atomic E-state index is 14.7. The Morgan fingerprint density at radius 1 is 1.26 bits per heavy atom. The van der Waals surface area contributed by atoms with E-state index < -0.39 is 29.4 Å². The Morgan fingerprint density at radius 3 is 2.56 bits per heavy atom. The fourth-order valence-electron chi connectivity index (χ4n) is 7.97. The second-order valence-electron chi connectivity index (χ2n) is 14.5. The number of carbonyl (C=O) groups is 3. The molecule has 17 heteroatoms. The van der Waals surface area contributed by atoms with Crippen molar-refractivity contribution in [3.63, 3.8) is 0 Å². The summed E-state index contributed by atoms with van der Waals surface area (Å²) in [6.07, 6.45) is -0.0522. The molecule has 2 unspecified atom stereocenters. The van der Waals surface area contributed by atoms with Crippen LogP contribution < -0.4 is 5.32 Å². The zero-order chi connectivity index (χ0) is 41.4. The van der Waals surface area contributed by atoms with Gasteiger partial charge in [0.2, 0.25) is 11.9 Å². The normalized spacial score (nSPS) is 22.1. The van der Waals surface area contributed by atoms with Gasteiger partial charge in [0.1, 0.15) is 18.3 Å². The van der Waals surface area contributed by atoms with Crippen LogP contribution in [-0.2, 0) is 34.8 Å². The lowest BCUT2D eigenvalue weighted by Crippen LogP contribution is -2.59. The number of rotatable bonds is 11. The van der Waals surface area contributed by atoms with E-state index in [1.807, 2.05) is 26.8 Å². The molecule has 5 aliphatic heterocycles. The summed E-state index contributed by atoms with van der Waals surface area (Å²) < 4.78 is 57.7. The second-order valence-corrected chi connectivity index (χ2v) is 14.9. The third kappa shape index (κ3) is 7.92. The van der Waals surface area contributed by atoms with E-state index in [9.17, 15) is 27.6 Å². The van der Waals surface area contributed by atoms with Gasteiger partial charge in [-0.1, -0.05) is 50.3 Å². The average molecular weight is 814 g/mol. The number of amides is 3. The van der Waals surface area contributed by atoms with E-state index in [1.165, 1.54) is 18.3 Å². The molecule has 0 radical (unpaired) electrons. The standard InChI is InChI=1S/C40H47ClF3N7O6/c1-8-24(5)31(23(3)4)34(55-7)33(45-9-2)37(54)49-16-14-39(15-17-49)32-29(22-57-39)50(21-30(52)46-28-11-10-26(20-27(28)41)40(42,43)44)38-47-35(25-12-18-56-19-13-25)48(6)51(38)36(32)53/h9-12,20,24,35H,2-3,8,13-19,21-22H2,1,4-7H3,(H,46,52)/b34-31+,45-33?. The first kappa shape index (κ1) is 41.9. The molecule has 5 aliphatic rings. The number of aliphatic imine (C=N–C) groups is 2.